The molecule has 0 aromatic heterocycles. The van der Waals surface area contributed by atoms with E-state index in [2.05, 4.69) is 5.32 Å². The van der Waals surface area contributed by atoms with Gasteiger partial charge in [0.05, 0.1) is 0 Å². The summed E-state index contributed by atoms with van der Waals surface area (Å²) in [5.41, 5.74) is 6.47. The Morgan fingerprint density at radius 2 is 1.65 bits per heavy atom. The Kier molecular flexibility index (Phi) is 5.32. The minimum atomic E-state index is -1.38. The number of phenolic OH excluding ortho intramolecular Hbond substituents is 1. The van der Waals surface area contributed by atoms with Crippen LogP contribution in [0.4, 0.5) is 0 Å². The summed E-state index contributed by atoms with van der Waals surface area (Å²) in [5.74, 6) is -1.29. The molecule has 0 spiro atoms. The molecule has 6 heteroatoms. The van der Waals surface area contributed by atoms with Gasteiger partial charge in [-0.2, -0.15) is 0 Å². The first kappa shape index (κ1) is 16.5. The van der Waals surface area contributed by atoms with Crippen molar-refractivity contribution >= 4 is 11.8 Å². The van der Waals surface area contributed by atoms with Gasteiger partial charge in [0.1, 0.15) is 11.8 Å². The average molecular weight is 314 g/mol. The molecule has 5 N–H and O–H groups in total. The highest BCUT2D eigenvalue weighted by Crippen LogP contribution is 2.14. The number of phenols is 1. The highest BCUT2D eigenvalue weighted by Gasteiger charge is 2.24. The van der Waals surface area contributed by atoms with Crippen LogP contribution in [0.15, 0.2) is 54.6 Å². The minimum absolute atomic E-state index is 0.105. The number of rotatable bonds is 6. The second-order valence-corrected chi connectivity index (χ2v) is 5.15. The van der Waals surface area contributed by atoms with Gasteiger partial charge in [-0.1, -0.05) is 42.5 Å². The third kappa shape index (κ3) is 4.55. The van der Waals surface area contributed by atoms with Crippen LogP contribution < -0.4 is 11.1 Å². The maximum absolute atomic E-state index is 12.1. The summed E-state index contributed by atoms with van der Waals surface area (Å²) in [7, 11) is 0. The number of aliphatic hydroxyl groups is 1. The number of amides is 2. The molecule has 2 rings (SSSR count). The number of hydrogen-bond donors (Lipinski definition) is 4. The van der Waals surface area contributed by atoms with Gasteiger partial charge in [-0.05, 0) is 23.3 Å². The van der Waals surface area contributed by atoms with Crippen LogP contribution in [-0.2, 0) is 16.0 Å². The third-order valence-corrected chi connectivity index (χ3v) is 3.40. The van der Waals surface area contributed by atoms with E-state index >= 15 is 0 Å². The number of nitrogens with two attached hydrogens (primary N) is 1. The highest BCUT2D eigenvalue weighted by molar-refractivity contribution is 5.89. The van der Waals surface area contributed by atoms with Crippen LogP contribution in [0.5, 0.6) is 5.75 Å². The van der Waals surface area contributed by atoms with E-state index in [1.54, 1.807) is 42.5 Å². The van der Waals surface area contributed by atoms with Gasteiger partial charge in [-0.25, -0.2) is 0 Å². The van der Waals surface area contributed by atoms with Crippen LogP contribution in [0.1, 0.15) is 17.2 Å². The fraction of sp³-hybridized carbons (Fsp3) is 0.176. The molecule has 0 radical (unpaired) electrons. The standard InChI is InChI=1S/C17H18N2O4/c18-16(22)14(10-11-6-8-13(20)9-7-11)19-17(23)15(21)12-4-2-1-3-5-12/h1-9,14-15,20-21H,10H2,(H2,18,22)(H,19,23)/t14-,15-/m0/s1. The van der Waals surface area contributed by atoms with Crippen LogP contribution in [0.25, 0.3) is 0 Å². The smallest absolute Gasteiger partial charge is 0.254 e. The normalized spacial score (nSPS) is 13.1. The minimum Gasteiger partial charge on any atom is -0.508 e. The lowest BCUT2D eigenvalue weighted by Gasteiger charge is -2.18. The third-order valence-electron chi connectivity index (χ3n) is 3.40. The Labute approximate surface area is 133 Å². The summed E-state index contributed by atoms with van der Waals surface area (Å²) in [6.45, 7) is 0. The number of primary amides is 1. The van der Waals surface area contributed by atoms with E-state index in [4.69, 9.17) is 5.73 Å². The van der Waals surface area contributed by atoms with Crippen LogP contribution in [0, 0.1) is 0 Å². The Morgan fingerprint density at radius 1 is 1.04 bits per heavy atom. The summed E-state index contributed by atoms with van der Waals surface area (Å²) in [4.78, 5) is 23.6. The number of nitrogens with one attached hydrogen (secondary N) is 1. The van der Waals surface area contributed by atoms with E-state index < -0.39 is 24.0 Å². The number of carbonyl (C=O) groups is 2. The van der Waals surface area contributed by atoms with Crippen LogP contribution in [-0.4, -0.2) is 28.1 Å². The lowest BCUT2D eigenvalue weighted by Crippen LogP contribution is -2.47. The van der Waals surface area contributed by atoms with Gasteiger partial charge in [0.2, 0.25) is 5.91 Å². The molecule has 2 amide bonds. The maximum Gasteiger partial charge on any atom is 0.254 e. The molecular weight excluding hydrogens is 296 g/mol. The Morgan fingerprint density at radius 3 is 2.22 bits per heavy atom. The first-order valence-electron chi connectivity index (χ1n) is 7.08. The molecular formula is C17H18N2O4. The molecule has 2 atom stereocenters. The molecule has 120 valence electrons. The summed E-state index contributed by atoms with van der Waals surface area (Å²) in [6.07, 6.45) is -1.21. The predicted molar refractivity (Wildman–Crippen MR) is 84.3 cm³/mol. The fourth-order valence-electron chi connectivity index (χ4n) is 2.13. The van der Waals surface area contributed by atoms with Crippen LogP contribution in [0.2, 0.25) is 0 Å². The van der Waals surface area contributed by atoms with E-state index in [1.165, 1.54) is 12.1 Å². The summed E-state index contributed by atoms with van der Waals surface area (Å²) >= 11 is 0. The van der Waals surface area contributed by atoms with Crippen molar-refractivity contribution in [3.05, 3.63) is 65.7 Å². The van der Waals surface area contributed by atoms with Crippen molar-refractivity contribution in [1.82, 2.24) is 5.32 Å². The molecule has 0 unspecified atom stereocenters. The predicted octanol–water partition coefficient (Wildman–Crippen LogP) is 0.638. The fourth-order valence-corrected chi connectivity index (χ4v) is 2.13. The first-order valence-corrected chi connectivity index (χ1v) is 7.08. The molecule has 0 aliphatic rings. The van der Waals surface area contributed by atoms with Crippen LogP contribution in [0.3, 0.4) is 0 Å². The maximum atomic E-state index is 12.1. The summed E-state index contributed by atoms with van der Waals surface area (Å²) < 4.78 is 0. The van der Waals surface area contributed by atoms with Gasteiger partial charge in [0.15, 0.2) is 6.10 Å². The van der Waals surface area contributed by atoms with Gasteiger partial charge < -0.3 is 21.3 Å². The molecule has 2 aromatic carbocycles. The van der Waals surface area contributed by atoms with Gasteiger partial charge in [0.25, 0.3) is 5.91 Å². The van der Waals surface area contributed by atoms with E-state index in [-0.39, 0.29) is 12.2 Å². The molecule has 6 nitrogen and oxygen atoms in total. The summed E-state index contributed by atoms with van der Waals surface area (Å²) in [5, 5.41) is 21.7. The van der Waals surface area contributed by atoms with E-state index in [0.29, 0.717) is 5.56 Å². The van der Waals surface area contributed by atoms with Crippen molar-refractivity contribution < 1.29 is 19.8 Å². The number of benzene rings is 2. The van der Waals surface area contributed by atoms with E-state index in [0.717, 1.165) is 5.56 Å². The molecule has 2 aromatic rings. The molecule has 0 bridgehead atoms. The van der Waals surface area contributed by atoms with Crippen molar-refractivity contribution in [3.63, 3.8) is 0 Å². The molecule has 0 saturated carbocycles. The first-order chi connectivity index (χ1) is 11.0. The monoisotopic (exact) mass is 314 g/mol. The zero-order valence-corrected chi connectivity index (χ0v) is 12.3. The van der Waals surface area contributed by atoms with E-state index in [1.807, 2.05) is 0 Å². The lowest BCUT2D eigenvalue weighted by atomic mass is 10.0. The molecule has 23 heavy (non-hydrogen) atoms. The zero-order chi connectivity index (χ0) is 16.8. The van der Waals surface area contributed by atoms with E-state index in [9.17, 15) is 19.8 Å². The van der Waals surface area contributed by atoms with Gasteiger partial charge >= 0.3 is 0 Å². The lowest BCUT2D eigenvalue weighted by molar-refractivity contribution is -0.133. The largest absolute Gasteiger partial charge is 0.508 e. The van der Waals surface area contributed by atoms with Crippen molar-refractivity contribution in [3.8, 4) is 5.75 Å². The van der Waals surface area contributed by atoms with Gasteiger partial charge in [-0.15, -0.1) is 0 Å². The molecule has 0 aliphatic carbocycles. The second-order valence-electron chi connectivity index (χ2n) is 5.15. The molecule has 0 saturated heterocycles. The molecule has 0 fully saturated rings. The van der Waals surface area contributed by atoms with Crippen molar-refractivity contribution in [1.29, 1.82) is 0 Å². The molecule has 0 heterocycles. The zero-order valence-electron chi connectivity index (χ0n) is 12.3. The Balaban J connectivity index is 2.05. The quantitative estimate of drug-likeness (QED) is 0.626. The molecule has 0 aliphatic heterocycles. The number of aromatic hydroxyl groups is 1. The van der Waals surface area contributed by atoms with Crippen molar-refractivity contribution in [2.75, 3.05) is 0 Å². The van der Waals surface area contributed by atoms with Gasteiger partial charge in [-0.3, -0.25) is 9.59 Å². The number of carbonyl (C=O) groups excluding carboxylic acids is 2. The second kappa shape index (κ2) is 7.42. The Hall–Kier alpha value is -2.86. The van der Waals surface area contributed by atoms with Crippen molar-refractivity contribution in [2.24, 2.45) is 5.73 Å². The number of aliphatic hydroxyl groups excluding tert-OH is 1. The average Bonchev–Trinajstić information content (AvgIpc) is 2.56. The Bertz CT molecular complexity index is 671. The van der Waals surface area contributed by atoms with Crippen molar-refractivity contribution in [2.45, 2.75) is 18.6 Å². The SMILES string of the molecule is NC(=O)[C@H](Cc1ccc(O)cc1)NC(=O)[C@@H](O)c1ccccc1. The van der Waals surface area contributed by atoms with Crippen LogP contribution >= 0.6 is 0 Å². The highest BCUT2D eigenvalue weighted by atomic mass is 16.3. The number of hydrogen-bond acceptors (Lipinski definition) is 4. The summed E-state index contributed by atoms with van der Waals surface area (Å²) in [6, 6.07) is 13.7. The topological polar surface area (TPSA) is 113 Å². The van der Waals surface area contributed by atoms with Gasteiger partial charge in [0, 0.05) is 6.42 Å².